The molecule has 0 aromatic heterocycles. The van der Waals surface area contributed by atoms with Crippen molar-refractivity contribution in [2.24, 2.45) is 5.41 Å². The highest BCUT2D eigenvalue weighted by Gasteiger charge is 2.33. The van der Waals surface area contributed by atoms with E-state index in [1.165, 1.54) is 37.7 Å². The van der Waals surface area contributed by atoms with E-state index in [1.54, 1.807) is 12.1 Å². The maximum Gasteiger partial charge on any atom is 0.124 e. The Labute approximate surface area is 124 Å². The second kappa shape index (κ2) is 6.85. The quantitative estimate of drug-likeness (QED) is 0.747. The fourth-order valence-corrected chi connectivity index (χ4v) is 3.63. The summed E-state index contributed by atoms with van der Waals surface area (Å²) in [5.41, 5.74) is 1.61. The predicted octanol–water partition coefficient (Wildman–Crippen LogP) is 4.69. The van der Waals surface area contributed by atoms with Gasteiger partial charge in [-0.1, -0.05) is 41.8 Å². The molecule has 106 valence electrons. The summed E-state index contributed by atoms with van der Waals surface area (Å²) >= 11 is 3.50. The molecule has 0 spiro atoms. The Balaban J connectivity index is 2.07. The van der Waals surface area contributed by atoms with Crippen molar-refractivity contribution >= 4 is 15.9 Å². The smallest absolute Gasteiger partial charge is 0.124 e. The average Bonchev–Trinajstić information content (AvgIpc) is 2.82. The van der Waals surface area contributed by atoms with Crippen molar-refractivity contribution in [3.05, 3.63) is 34.1 Å². The highest BCUT2D eigenvalue weighted by atomic mass is 79.9. The minimum Gasteiger partial charge on any atom is -0.316 e. The molecule has 0 atom stereocenters. The molecule has 1 fully saturated rings. The van der Waals surface area contributed by atoms with Crippen LogP contribution in [-0.2, 0) is 6.42 Å². The van der Waals surface area contributed by atoms with Crippen LogP contribution in [0.2, 0.25) is 0 Å². The van der Waals surface area contributed by atoms with Crippen LogP contribution in [0.4, 0.5) is 4.39 Å². The molecule has 1 aliphatic rings. The van der Waals surface area contributed by atoms with Gasteiger partial charge in [0.1, 0.15) is 5.82 Å². The minimum absolute atomic E-state index is 0.166. The maximum atomic E-state index is 13.2. The van der Waals surface area contributed by atoms with Crippen LogP contribution in [0.25, 0.3) is 0 Å². The van der Waals surface area contributed by atoms with Gasteiger partial charge >= 0.3 is 0 Å². The SMILES string of the molecule is CCCNCC1(Cc2ccc(F)cc2Br)CCCC1. The normalized spacial score (nSPS) is 17.8. The lowest BCUT2D eigenvalue weighted by molar-refractivity contribution is 0.277. The monoisotopic (exact) mass is 327 g/mol. The number of nitrogens with one attached hydrogen (secondary N) is 1. The molecule has 1 N–H and O–H groups in total. The first-order valence-electron chi connectivity index (χ1n) is 7.30. The molecule has 1 aromatic carbocycles. The first-order valence-corrected chi connectivity index (χ1v) is 8.09. The zero-order valence-corrected chi connectivity index (χ0v) is 13.2. The molecule has 1 aromatic rings. The molecule has 0 unspecified atom stereocenters. The number of halogens is 2. The van der Waals surface area contributed by atoms with Crippen LogP contribution in [-0.4, -0.2) is 13.1 Å². The lowest BCUT2D eigenvalue weighted by atomic mass is 9.80. The first kappa shape index (κ1) is 15.0. The molecule has 1 aliphatic carbocycles. The van der Waals surface area contributed by atoms with Crippen LogP contribution in [0.1, 0.15) is 44.6 Å². The van der Waals surface area contributed by atoms with Crippen LogP contribution < -0.4 is 5.32 Å². The van der Waals surface area contributed by atoms with Crippen molar-refractivity contribution in [2.75, 3.05) is 13.1 Å². The number of rotatable bonds is 6. The van der Waals surface area contributed by atoms with Gasteiger partial charge in [0.15, 0.2) is 0 Å². The Kier molecular flexibility index (Phi) is 5.40. The Morgan fingerprint density at radius 2 is 2.05 bits per heavy atom. The Morgan fingerprint density at radius 3 is 2.68 bits per heavy atom. The summed E-state index contributed by atoms with van der Waals surface area (Å²) in [4.78, 5) is 0. The van der Waals surface area contributed by atoms with Gasteiger partial charge in [0.2, 0.25) is 0 Å². The van der Waals surface area contributed by atoms with Crippen LogP contribution in [0.3, 0.4) is 0 Å². The van der Waals surface area contributed by atoms with Gasteiger partial charge in [-0.05, 0) is 55.3 Å². The lowest BCUT2D eigenvalue weighted by Crippen LogP contribution is -2.34. The number of benzene rings is 1. The van der Waals surface area contributed by atoms with E-state index in [1.807, 2.05) is 6.07 Å². The molecule has 1 nitrogen and oxygen atoms in total. The van der Waals surface area contributed by atoms with Gasteiger partial charge in [0.05, 0.1) is 0 Å². The van der Waals surface area contributed by atoms with Crippen molar-refractivity contribution in [3.63, 3.8) is 0 Å². The van der Waals surface area contributed by atoms with E-state index < -0.39 is 0 Å². The molecule has 2 rings (SSSR count). The van der Waals surface area contributed by atoms with Gasteiger partial charge in [-0.15, -0.1) is 0 Å². The summed E-state index contributed by atoms with van der Waals surface area (Å²) in [7, 11) is 0. The van der Waals surface area contributed by atoms with E-state index >= 15 is 0 Å². The summed E-state index contributed by atoms with van der Waals surface area (Å²) in [6.45, 7) is 4.38. The van der Waals surface area contributed by atoms with Gasteiger partial charge in [-0.25, -0.2) is 4.39 Å². The van der Waals surface area contributed by atoms with Crippen molar-refractivity contribution < 1.29 is 4.39 Å². The van der Waals surface area contributed by atoms with Crippen LogP contribution >= 0.6 is 15.9 Å². The van der Waals surface area contributed by atoms with Crippen LogP contribution in [0.15, 0.2) is 22.7 Å². The summed E-state index contributed by atoms with van der Waals surface area (Å²) in [6, 6.07) is 5.08. The van der Waals surface area contributed by atoms with Gasteiger partial charge in [-0.2, -0.15) is 0 Å². The van der Waals surface area contributed by atoms with Crippen molar-refractivity contribution in [2.45, 2.75) is 45.4 Å². The molecule has 0 saturated heterocycles. The van der Waals surface area contributed by atoms with Gasteiger partial charge in [-0.3, -0.25) is 0 Å². The summed E-state index contributed by atoms with van der Waals surface area (Å²) < 4.78 is 14.1. The molecule has 3 heteroatoms. The molecule has 1 saturated carbocycles. The van der Waals surface area contributed by atoms with Gasteiger partial charge in [0.25, 0.3) is 0 Å². The Bertz CT molecular complexity index is 413. The molecule has 19 heavy (non-hydrogen) atoms. The second-order valence-corrected chi connectivity index (χ2v) is 6.65. The molecule has 0 heterocycles. The third-order valence-corrected chi connectivity index (χ3v) is 4.91. The van der Waals surface area contributed by atoms with Crippen LogP contribution in [0.5, 0.6) is 0 Å². The maximum absolute atomic E-state index is 13.2. The molecular weight excluding hydrogens is 305 g/mol. The highest BCUT2D eigenvalue weighted by molar-refractivity contribution is 9.10. The van der Waals surface area contributed by atoms with Crippen molar-refractivity contribution in [3.8, 4) is 0 Å². The lowest BCUT2D eigenvalue weighted by Gasteiger charge is -2.30. The zero-order valence-electron chi connectivity index (χ0n) is 11.6. The highest BCUT2D eigenvalue weighted by Crippen LogP contribution is 2.41. The summed E-state index contributed by atoms with van der Waals surface area (Å²) in [5, 5.41) is 3.58. The summed E-state index contributed by atoms with van der Waals surface area (Å²) in [6.07, 6.45) is 7.45. The van der Waals surface area contributed by atoms with E-state index in [0.717, 1.165) is 24.0 Å². The third kappa shape index (κ3) is 4.03. The molecule has 0 amide bonds. The first-order chi connectivity index (χ1) is 9.15. The van der Waals surface area contributed by atoms with E-state index in [4.69, 9.17) is 0 Å². The summed E-state index contributed by atoms with van der Waals surface area (Å²) in [5.74, 6) is -0.166. The Morgan fingerprint density at radius 1 is 1.32 bits per heavy atom. The molecule has 0 aliphatic heterocycles. The fraction of sp³-hybridized carbons (Fsp3) is 0.625. The zero-order chi connectivity index (χ0) is 13.7. The molecular formula is C16H23BrFN. The number of hydrogen-bond acceptors (Lipinski definition) is 1. The van der Waals surface area contributed by atoms with Crippen molar-refractivity contribution in [1.29, 1.82) is 0 Å². The number of hydrogen-bond donors (Lipinski definition) is 1. The van der Waals surface area contributed by atoms with Gasteiger partial charge < -0.3 is 5.32 Å². The largest absolute Gasteiger partial charge is 0.316 e. The second-order valence-electron chi connectivity index (χ2n) is 5.80. The van der Waals surface area contributed by atoms with E-state index in [-0.39, 0.29) is 5.82 Å². The molecule has 0 radical (unpaired) electrons. The molecule has 0 bridgehead atoms. The van der Waals surface area contributed by atoms with Crippen LogP contribution in [0, 0.1) is 11.2 Å². The van der Waals surface area contributed by atoms with Crippen molar-refractivity contribution in [1.82, 2.24) is 5.32 Å². The van der Waals surface area contributed by atoms with Gasteiger partial charge in [0, 0.05) is 11.0 Å². The standard InChI is InChI=1S/C16H23BrFN/c1-2-9-19-12-16(7-3-4-8-16)11-13-5-6-14(18)10-15(13)17/h5-6,10,19H,2-4,7-9,11-12H2,1H3. The Hall–Kier alpha value is -0.410. The average molecular weight is 328 g/mol. The predicted molar refractivity (Wildman–Crippen MR) is 81.9 cm³/mol. The van der Waals surface area contributed by atoms with E-state index in [0.29, 0.717) is 5.41 Å². The van der Waals surface area contributed by atoms with E-state index in [2.05, 4.69) is 28.2 Å². The fourth-order valence-electron chi connectivity index (χ4n) is 3.14. The minimum atomic E-state index is -0.166. The third-order valence-electron chi connectivity index (χ3n) is 4.17. The topological polar surface area (TPSA) is 12.0 Å². The van der Waals surface area contributed by atoms with E-state index in [9.17, 15) is 4.39 Å².